The van der Waals surface area contributed by atoms with Gasteiger partial charge in [-0.05, 0) is 0 Å². The maximum absolute atomic E-state index is 2.54. The molecule has 0 rings (SSSR count). The summed E-state index contributed by atoms with van der Waals surface area (Å²) in [5.41, 5.74) is 0. The minimum absolute atomic E-state index is 0.608. The van der Waals surface area contributed by atoms with Crippen molar-refractivity contribution in [3.05, 3.63) is 0 Å². The van der Waals surface area contributed by atoms with E-state index in [2.05, 4.69) is 55.4 Å². The van der Waals surface area contributed by atoms with Crippen molar-refractivity contribution in [2.45, 2.75) is 96.8 Å². The molecule has 0 aromatic carbocycles. The van der Waals surface area contributed by atoms with Gasteiger partial charge in [0.25, 0.3) is 0 Å². The van der Waals surface area contributed by atoms with Gasteiger partial charge in [-0.1, -0.05) is 0 Å². The van der Waals surface area contributed by atoms with Gasteiger partial charge in [-0.15, -0.1) is 0 Å². The number of hydrogen-bond donors (Lipinski definition) is 0. The molecule has 0 bridgehead atoms. The second-order valence-corrected chi connectivity index (χ2v) is 25.4. The Morgan fingerprint density at radius 1 is 0.647 bits per heavy atom. The van der Waals surface area contributed by atoms with E-state index in [4.69, 9.17) is 0 Å². The molecule has 0 heterocycles. The zero-order valence-electron chi connectivity index (χ0n) is 13.7. The second kappa shape index (κ2) is 6.82. The van der Waals surface area contributed by atoms with Crippen molar-refractivity contribution in [3.8, 4) is 0 Å². The Labute approximate surface area is 115 Å². The fourth-order valence-electron chi connectivity index (χ4n) is 3.71. The molecule has 0 N–H and O–H groups in total. The summed E-state index contributed by atoms with van der Waals surface area (Å²) in [6.07, 6.45) is 5.68. The number of hydrogen-bond acceptors (Lipinski definition) is 0. The van der Waals surface area contributed by atoms with Crippen molar-refractivity contribution in [2.24, 2.45) is 0 Å². The summed E-state index contributed by atoms with van der Waals surface area (Å²) in [6.45, 7) is 19.9. The van der Waals surface area contributed by atoms with Gasteiger partial charge >= 0.3 is 115 Å². The quantitative estimate of drug-likeness (QED) is 0.473. The van der Waals surface area contributed by atoms with Gasteiger partial charge in [-0.2, -0.15) is 0 Å². The van der Waals surface area contributed by atoms with Crippen LogP contribution in [0.4, 0.5) is 0 Å². The van der Waals surface area contributed by atoms with Crippen LogP contribution in [0.5, 0.6) is 0 Å². The third-order valence-corrected chi connectivity index (χ3v) is 28.1. The predicted octanol–water partition coefficient (Wildman–Crippen LogP) is 6.64. The van der Waals surface area contributed by atoms with Gasteiger partial charge < -0.3 is 0 Å². The Kier molecular flexibility index (Phi) is 7.14. The maximum atomic E-state index is 2.54. The van der Waals surface area contributed by atoms with Crippen molar-refractivity contribution in [1.29, 1.82) is 0 Å². The molecule has 17 heavy (non-hydrogen) atoms. The van der Waals surface area contributed by atoms with Crippen LogP contribution < -0.4 is 0 Å². The molecule has 0 nitrogen and oxygen atoms in total. The Morgan fingerprint density at radius 3 is 1.12 bits per heavy atom. The normalized spacial score (nSPS) is 14.1. The fourth-order valence-corrected chi connectivity index (χ4v) is 24.9. The summed E-state index contributed by atoms with van der Waals surface area (Å²) in [6, 6.07) is 0. The van der Waals surface area contributed by atoms with Crippen molar-refractivity contribution in [3.63, 3.8) is 0 Å². The molecule has 0 radical (unpaired) electrons. The van der Waals surface area contributed by atoms with Crippen LogP contribution in [0, 0.1) is 0 Å². The van der Waals surface area contributed by atoms with Gasteiger partial charge in [-0.25, -0.2) is 0 Å². The van der Waals surface area contributed by atoms with Crippen molar-refractivity contribution < 1.29 is 0 Å². The van der Waals surface area contributed by atoms with E-state index in [0.29, 0.717) is 6.86 Å². The molecule has 0 spiro atoms. The van der Waals surface area contributed by atoms with E-state index in [1.165, 1.54) is 25.7 Å². The third-order valence-electron chi connectivity index (χ3n) is 4.79. The molecule has 0 atom stereocenters. The van der Waals surface area contributed by atoms with Crippen LogP contribution in [0.3, 0.4) is 0 Å². The molecular weight excluding hydrogens is 311 g/mol. The topological polar surface area (TPSA) is 0 Å². The summed E-state index contributed by atoms with van der Waals surface area (Å²) in [5, 5.41) is 0. The number of unbranched alkanes of at least 4 members (excludes halogenated alkanes) is 2. The van der Waals surface area contributed by atoms with Crippen molar-refractivity contribution in [2.75, 3.05) is 0 Å². The second-order valence-electron chi connectivity index (χ2n) is 7.79. The van der Waals surface area contributed by atoms with E-state index < -0.39 is 18.4 Å². The van der Waals surface area contributed by atoms with E-state index >= 15 is 0 Å². The number of rotatable bonds is 6. The first-order valence-electron chi connectivity index (χ1n) is 7.62. The molecule has 0 aliphatic rings. The molecule has 0 amide bonds. The minimum atomic E-state index is -2.12. The van der Waals surface area contributed by atoms with Crippen LogP contribution in [-0.2, 0) is 0 Å². The molecule has 104 valence electrons. The first-order chi connectivity index (χ1) is 7.62. The summed E-state index contributed by atoms with van der Waals surface area (Å²) >= 11 is -2.12. The Balaban J connectivity index is 5.22. The van der Waals surface area contributed by atoms with E-state index in [-0.39, 0.29) is 0 Å². The predicted molar refractivity (Wildman–Crippen MR) is 84.6 cm³/mol. The van der Waals surface area contributed by atoms with Crippen LogP contribution in [-0.4, -0.2) is 18.4 Å². The van der Waals surface area contributed by atoms with Crippen LogP contribution in [0.25, 0.3) is 0 Å². The average Bonchev–Trinajstić information content (AvgIpc) is 2.14. The first kappa shape index (κ1) is 17.8. The molecule has 0 aliphatic carbocycles. The standard InChI is InChI=1S/4C4H9.Sn/c2*1-4(2)3;2*1-3-4-2;/h2*1-3H3;2*1,3-4H2,2H3;. The van der Waals surface area contributed by atoms with Crippen molar-refractivity contribution in [1.82, 2.24) is 0 Å². The molecule has 1 heteroatoms. The molecule has 0 aromatic heterocycles. The molecule has 0 aliphatic heterocycles. The summed E-state index contributed by atoms with van der Waals surface area (Å²) in [5.74, 6) is 0. The Hall–Kier alpha value is 0.799. The molecule has 0 fully saturated rings. The molecule has 0 saturated heterocycles. The Morgan fingerprint density at radius 2 is 0.941 bits per heavy atom. The monoisotopic (exact) mass is 348 g/mol. The first-order valence-corrected chi connectivity index (χ1v) is 14.5. The van der Waals surface area contributed by atoms with Gasteiger partial charge in [0.1, 0.15) is 0 Å². The van der Waals surface area contributed by atoms with Gasteiger partial charge in [-0.3, -0.25) is 0 Å². The van der Waals surface area contributed by atoms with Crippen molar-refractivity contribution >= 4 is 18.4 Å². The summed E-state index contributed by atoms with van der Waals surface area (Å²) in [4.78, 5) is 0. The molecular formula is C16H36Sn. The van der Waals surface area contributed by atoms with E-state index in [0.717, 1.165) is 0 Å². The Bertz CT molecular complexity index is 181. The summed E-state index contributed by atoms with van der Waals surface area (Å²) in [7, 11) is 0. The van der Waals surface area contributed by atoms with E-state index in [1.807, 2.05) is 0 Å². The molecule has 0 unspecified atom stereocenters. The zero-order chi connectivity index (χ0) is 13.7. The van der Waals surface area contributed by atoms with Crippen LogP contribution >= 0.6 is 0 Å². The van der Waals surface area contributed by atoms with E-state index in [9.17, 15) is 0 Å². The SMILES string of the molecule is CCC[CH2][Sn]([CH2]CCC)([C](C)(C)C)[C](C)(C)C. The molecule has 0 saturated carbocycles. The van der Waals surface area contributed by atoms with Crippen LogP contribution in [0.1, 0.15) is 81.1 Å². The van der Waals surface area contributed by atoms with Crippen LogP contribution in [0.15, 0.2) is 0 Å². The van der Waals surface area contributed by atoms with Gasteiger partial charge in [0.15, 0.2) is 0 Å². The fraction of sp³-hybridized carbons (Fsp3) is 1.00. The third kappa shape index (κ3) is 4.44. The van der Waals surface area contributed by atoms with Gasteiger partial charge in [0, 0.05) is 0 Å². The summed E-state index contributed by atoms with van der Waals surface area (Å²) < 4.78 is 4.41. The molecule has 0 aromatic rings. The average molecular weight is 347 g/mol. The van der Waals surface area contributed by atoms with Crippen LogP contribution in [0.2, 0.25) is 15.7 Å². The van der Waals surface area contributed by atoms with E-state index in [1.54, 1.807) is 8.87 Å². The van der Waals surface area contributed by atoms with Gasteiger partial charge in [0.05, 0.1) is 0 Å². The zero-order valence-corrected chi connectivity index (χ0v) is 16.6. The van der Waals surface area contributed by atoms with Gasteiger partial charge in [0.2, 0.25) is 0 Å².